The summed E-state index contributed by atoms with van der Waals surface area (Å²) in [5.41, 5.74) is 1.25. The standard InChI is InChI=1S/C12H17IN2O/c1-15(2)12(16)7-8-14-9-10-3-5-11(13)6-4-10/h3-6,14H,7-9H2,1-2H3. The van der Waals surface area contributed by atoms with Gasteiger partial charge in [-0.05, 0) is 40.3 Å². The van der Waals surface area contributed by atoms with Crippen LogP contribution in [0.4, 0.5) is 0 Å². The van der Waals surface area contributed by atoms with E-state index in [2.05, 4.69) is 52.2 Å². The summed E-state index contributed by atoms with van der Waals surface area (Å²) >= 11 is 2.29. The van der Waals surface area contributed by atoms with E-state index in [1.807, 2.05) is 0 Å². The Bertz CT molecular complexity index is 335. The molecule has 0 bridgehead atoms. The molecule has 0 aromatic heterocycles. The van der Waals surface area contributed by atoms with E-state index in [-0.39, 0.29) is 5.91 Å². The maximum atomic E-state index is 11.3. The summed E-state index contributed by atoms with van der Waals surface area (Å²) in [4.78, 5) is 12.9. The van der Waals surface area contributed by atoms with E-state index in [4.69, 9.17) is 0 Å². The van der Waals surface area contributed by atoms with Crippen LogP contribution in [0.15, 0.2) is 24.3 Å². The lowest BCUT2D eigenvalue weighted by atomic mass is 10.2. The van der Waals surface area contributed by atoms with Crippen molar-refractivity contribution in [1.29, 1.82) is 0 Å². The molecular formula is C12H17IN2O. The number of hydrogen-bond acceptors (Lipinski definition) is 2. The highest BCUT2D eigenvalue weighted by Crippen LogP contribution is 2.06. The highest BCUT2D eigenvalue weighted by molar-refractivity contribution is 14.1. The first-order chi connectivity index (χ1) is 7.59. The van der Waals surface area contributed by atoms with Gasteiger partial charge in [-0.1, -0.05) is 12.1 Å². The molecule has 1 rings (SSSR count). The van der Waals surface area contributed by atoms with Crippen LogP contribution in [0.1, 0.15) is 12.0 Å². The monoisotopic (exact) mass is 332 g/mol. The average Bonchev–Trinajstić information content (AvgIpc) is 2.26. The molecule has 0 aliphatic heterocycles. The van der Waals surface area contributed by atoms with Crippen molar-refractivity contribution in [1.82, 2.24) is 10.2 Å². The van der Waals surface area contributed by atoms with E-state index < -0.39 is 0 Å². The Kier molecular flexibility index (Phi) is 5.76. The lowest BCUT2D eigenvalue weighted by molar-refractivity contribution is -0.128. The van der Waals surface area contributed by atoms with Gasteiger partial charge in [0.15, 0.2) is 0 Å². The van der Waals surface area contributed by atoms with Crippen molar-refractivity contribution < 1.29 is 4.79 Å². The highest BCUT2D eigenvalue weighted by atomic mass is 127. The van der Waals surface area contributed by atoms with Crippen molar-refractivity contribution in [3.8, 4) is 0 Å². The molecule has 16 heavy (non-hydrogen) atoms. The third-order valence-electron chi connectivity index (χ3n) is 2.26. The van der Waals surface area contributed by atoms with Crippen molar-refractivity contribution in [2.45, 2.75) is 13.0 Å². The summed E-state index contributed by atoms with van der Waals surface area (Å²) in [6.07, 6.45) is 0.553. The summed E-state index contributed by atoms with van der Waals surface area (Å²) in [5, 5.41) is 3.26. The van der Waals surface area contributed by atoms with Gasteiger partial charge in [-0.2, -0.15) is 0 Å². The molecule has 1 amide bonds. The van der Waals surface area contributed by atoms with Crippen LogP contribution < -0.4 is 5.32 Å². The zero-order valence-electron chi connectivity index (χ0n) is 9.66. The molecule has 3 nitrogen and oxygen atoms in total. The molecule has 0 fully saturated rings. The molecular weight excluding hydrogens is 315 g/mol. The van der Waals surface area contributed by atoms with Crippen LogP contribution in [0.25, 0.3) is 0 Å². The van der Waals surface area contributed by atoms with Gasteiger partial charge in [0.1, 0.15) is 0 Å². The Morgan fingerprint density at radius 1 is 1.31 bits per heavy atom. The van der Waals surface area contributed by atoms with Crippen molar-refractivity contribution in [3.63, 3.8) is 0 Å². The van der Waals surface area contributed by atoms with E-state index in [9.17, 15) is 4.79 Å². The fourth-order valence-corrected chi connectivity index (χ4v) is 1.61. The predicted molar refractivity (Wildman–Crippen MR) is 74.2 cm³/mol. The second-order valence-electron chi connectivity index (χ2n) is 3.84. The highest BCUT2D eigenvalue weighted by Gasteiger charge is 2.02. The topological polar surface area (TPSA) is 32.3 Å². The predicted octanol–water partition coefficient (Wildman–Crippen LogP) is 1.86. The van der Waals surface area contributed by atoms with Crippen molar-refractivity contribution in [2.24, 2.45) is 0 Å². The molecule has 0 radical (unpaired) electrons. The van der Waals surface area contributed by atoms with Gasteiger partial charge in [0, 0.05) is 37.2 Å². The number of benzene rings is 1. The van der Waals surface area contributed by atoms with E-state index in [0.29, 0.717) is 6.42 Å². The number of nitrogens with one attached hydrogen (secondary N) is 1. The Balaban J connectivity index is 2.21. The van der Waals surface area contributed by atoms with E-state index >= 15 is 0 Å². The van der Waals surface area contributed by atoms with E-state index in [0.717, 1.165) is 13.1 Å². The van der Waals surface area contributed by atoms with E-state index in [1.165, 1.54) is 9.13 Å². The van der Waals surface area contributed by atoms with Gasteiger partial charge in [0.05, 0.1) is 0 Å². The van der Waals surface area contributed by atoms with Gasteiger partial charge in [-0.3, -0.25) is 4.79 Å². The van der Waals surface area contributed by atoms with E-state index in [1.54, 1.807) is 19.0 Å². The molecule has 4 heteroatoms. The van der Waals surface area contributed by atoms with Crippen LogP contribution in [0.3, 0.4) is 0 Å². The zero-order valence-corrected chi connectivity index (χ0v) is 11.8. The van der Waals surface area contributed by atoms with Crippen LogP contribution in [-0.2, 0) is 11.3 Å². The first-order valence-corrected chi connectivity index (χ1v) is 6.33. The molecule has 0 aliphatic rings. The second kappa shape index (κ2) is 6.85. The van der Waals surface area contributed by atoms with Gasteiger partial charge in [0.2, 0.25) is 5.91 Å². The van der Waals surface area contributed by atoms with Gasteiger partial charge in [-0.15, -0.1) is 0 Å². The van der Waals surface area contributed by atoms with Crippen molar-refractivity contribution in [3.05, 3.63) is 33.4 Å². The molecule has 0 atom stereocenters. The molecule has 0 heterocycles. The number of amides is 1. The first-order valence-electron chi connectivity index (χ1n) is 5.25. The largest absolute Gasteiger partial charge is 0.349 e. The summed E-state index contributed by atoms with van der Waals surface area (Å²) in [5.74, 6) is 0.162. The molecule has 0 saturated carbocycles. The lowest BCUT2D eigenvalue weighted by Gasteiger charge is -2.10. The van der Waals surface area contributed by atoms with Crippen LogP contribution >= 0.6 is 22.6 Å². The molecule has 0 saturated heterocycles. The molecule has 1 aromatic carbocycles. The van der Waals surface area contributed by atoms with Gasteiger partial charge in [0.25, 0.3) is 0 Å². The number of carbonyl (C=O) groups excluding carboxylic acids is 1. The van der Waals surface area contributed by atoms with Gasteiger partial charge in [-0.25, -0.2) is 0 Å². The fraction of sp³-hybridized carbons (Fsp3) is 0.417. The molecule has 0 unspecified atom stereocenters. The third kappa shape index (κ3) is 4.94. The van der Waals surface area contributed by atoms with Crippen molar-refractivity contribution in [2.75, 3.05) is 20.6 Å². The summed E-state index contributed by atoms with van der Waals surface area (Å²) in [7, 11) is 3.56. The Morgan fingerprint density at radius 3 is 2.50 bits per heavy atom. The van der Waals surface area contributed by atoms with Crippen LogP contribution in [0.2, 0.25) is 0 Å². The van der Waals surface area contributed by atoms with Gasteiger partial charge < -0.3 is 10.2 Å². The third-order valence-corrected chi connectivity index (χ3v) is 2.98. The van der Waals surface area contributed by atoms with Gasteiger partial charge >= 0.3 is 0 Å². The normalized spacial score (nSPS) is 10.2. The molecule has 0 aliphatic carbocycles. The minimum absolute atomic E-state index is 0.162. The van der Waals surface area contributed by atoms with Crippen LogP contribution in [0.5, 0.6) is 0 Å². The summed E-state index contributed by atoms with van der Waals surface area (Å²) < 4.78 is 1.24. The minimum Gasteiger partial charge on any atom is -0.349 e. The second-order valence-corrected chi connectivity index (χ2v) is 5.09. The fourth-order valence-electron chi connectivity index (χ4n) is 1.25. The maximum absolute atomic E-state index is 11.3. The first kappa shape index (κ1) is 13.4. The SMILES string of the molecule is CN(C)C(=O)CCNCc1ccc(I)cc1. The Morgan fingerprint density at radius 2 is 1.94 bits per heavy atom. The minimum atomic E-state index is 0.162. The number of halogens is 1. The molecule has 0 spiro atoms. The number of hydrogen-bond donors (Lipinski definition) is 1. The molecule has 1 N–H and O–H groups in total. The maximum Gasteiger partial charge on any atom is 0.223 e. The van der Waals surface area contributed by atoms with Crippen LogP contribution in [0, 0.1) is 3.57 Å². The van der Waals surface area contributed by atoms with Crippen LogP contribution in [-0.4, -0.2) is 31.4 Å². The molecule has 88 valence electrons. The Hall–Kier alpha value is -0.620. The van der Waals surface area contributed by atoms with Crippen molar-refractivity contribution >= 4 is 28.5 Å². The zero-order chi connectivity index (χ0) is 12.0. The smallest absolute Gasteiger partial charge is 0.223 e. The number of rotatable bonds is 5. The Labute approximate surface area is 110 Å². The lowest BCUT2D eigenvalue weighted by Crippen LogP contribution is -2.26. The summed E-state index contributed by atoms with van der Waals surface area (Å²) in [6.45, 7) is 1.54. The number of nitrogens with zero attached hydrogens (tertiary/aromatic N) is 1. The quantitative estimate of drug-likeness (QED) is 0.659. The summed E-state index contributed by atoms with van der Waals surface area (Å²) in [6, 6.07) is 8.37. The average molecular weight is 332 g/mol. The number of carbonyl (C=O) groups is 1. The molecule has 1 aromatic rings.